The highest BCUT2D eigenvalue weighted by Gasteiger charge is 2.29. The Morgan fingerprint density at radius 1 is 0.676 bits per heavy atom. The van der Waals surface area contributed by atoms with Crippen molar-refractivity contribution in [3.8, 4) is 0 Å². The molecule has 0 aliphatic rings. The topological polar surface area (TPSA) is 93.7 Å². The SMILES string of the molecule is CC(C)C[C@H](NC(=O)[C@@H](CC(C)C)NC(=O)OCc1ccccc1)C(=O)OCc1ccccc1. The molecule has 2 aromatic rings. The third-order valence-corrected chi connectivity index (χ3v) is 5.06. The second-order valence-corrected chi connectivity index (χ2v) is 9.17. The average molecular weight is 469 g/mol. The lowest BCUT2D eigenvalue weighted by Gasteiger charge is -2.24. The standard InChI is InChI=1S/C27H36N2O5/c1-19(2)15-23(29-27(32)34-18-22-13-9-6-10-14-22)25(30)28-24(16-20(3)4)26(31)33-17-21-11-7-5-8-12-21/h5-14,19-20,23-24H,15-18H2,1-4H3,(H,28,30)(H,29,32)/t23-,24+/m1/s1. The molecule has 2 atom stereocenters. The molecule has 2 amide bonds. The maximum absolute atomic E-state index is 13.1. The minimum absolute atomic E-state index is 0.102. The molecule has 0 bridgehead atoms. The van der Waals surface area contributed by atoms with E-state index in [9.17, 15) is 14.4 Å². The number of carbonyl (C=O) groups excluding carboxylic acids is 3. The van der Waals surface area contributed by atoms with Crippen LogP contribution in [0, 0.1) is 11.8 Å². The van der Waals surface area contributed by atoms with Crippen molar-refractivity contribution >= 4 is 18.0 Å². The first-order chi connectivity index (χ1) is 16.2. The van der Waals surface area contributed by atoms with Gasteiger partial charge >= 0.3 is 12.1 Å². The summed E-state index contributed by atoms with van der Waals surface area (Å²) in [7, 11) is 0. The minimum Gasteiger partial charge on any atom is -0.459 e. The van der Waals surface area contributed by atoms with Crippen molar-refractivity contribution in [1.29, 1.82) is 0 Å². The van der Waals surface area contributed by atoms with E-state index in [1.807, 2.05) is 88.4 Å². The number of amides is 2. The number of nitrogens with one attached hydrogen (secondary N) is 2. The average Bonchev–Trinajstić information content (AvgIpc) is 2.81. The van der Waals surface area contributed by atoms with Crippen LogP contribution in [0.5, 0.6) is 0 Å². The van der Waals surface area contributed by atoms with Gasteiger partial charge in [-0.05, 0) is 35.8 Å². The quantitative estimate of drug-likeness (QED) is 0.444. The zero-order chi connectivity index (χ0) is 24.9. The van der Waals surface area contributed by atoms with E-state index in [1.54, 1.807) is 0 Å². The third kappa shape index (κ3) is 10.1. The van der Waals surface area contributed by atoms with Crippen LogP contribution in [0.25, 0.3) is 0 Å². The van der Waals surface area contributed by atoms with Gasteiger partial charge in [0.25, 0.3) is 0 Å². The molecule has 0 saturated heterocycles. The molecule has 34 heavy (non-hydrogen) atoms. The Balaban J connectivity index is 1.99. The number of rotatable bonds is 12. The first-order valence-corrected chi connectivity index (χ1v) is 11.7. The second kappa shape index (κ2) is 14.0. The fourth-order valence-electron chi connectivity index (χ4n) is 3.40. The number of ether oxygens (including phenoxy) is 2. The number of carbonyl (C=O) groups is 3. The number of hydrogen-bond donors (Lipinski definition) is 2. The van der Waals surface area contributed by atoms with Crippen LogP contribution in [0.15, 0.2) is 60.7 Å². The predicted octanol–water partition coefficient (Wildman–Crippen LogP) is 4.60. The van der Waals surface area contributed by atoms with Crippen molar-refractivity contribution in [2.45, 2.75) is 65.8 Å². The van der Waals surface area contributed by atoms with Gasteiger partial charge in [-0.3, -0.25) is 4.79 Å². The fourth-order valence-corrected chi connectivity index (χ4v) is 3.40. The van der Waals surface area contributed by atoms with Crippen molar-refractivity contribution in [3.05, 3.63) is 71.8 Å². The molecule has 0 heterocycles. The molecule has 2 rings (SSSR count). The molecule has 0 aliphatic heterocycles. The fraction of sp³-hybridized carbons (Fsp3) is 0.444. The first kappa shape index (κ1) is 26.9. The van der Waals surface area contributed by atoms with Crippen LogP contribution in [0.3, 0.4) is 0 Å². The van der Waals surface area contributed by atoms with Crippen LogP contribution >= 0.6 is 0 Å². The summed E-state index contributed by atoms with van der Waals surface area (Å²) in [6.07, 6.45) is 0.142. The molecule has 0 saturated carbocycles. The third-order valence-electron chi connectivity index (χ3n) is 5.06. The van der Waals surface area contributed by atoms with Gasteiger partial charge in [-0.25, -0.2) is 9.59 Å². The molecule has 7 heteroatoms. The van der Waals surface area contributed by atoms with Crippen molar-refractivity contribution in [2.75, 3.05) is 0 Å². The molecule has 0 radical (unpaired) electrons. The molecule has 2 aromatic carbocycles. The molecule has 184 valence electrons. The van der Waals surface area contributed by atoms with Gasteiger partial charge in [0.1, 0.15) is 25.3 Å². The van der Waals surface area contributed by atoms with Crippen LogP contribution in [0.4, 0.5) is 4.79 Å². The highest BCUT2D eigenvalue weighted by Crippen LogP contribution is 2.11. The Kier molecular flexibility index (Phi) is 11.1. The van der Waals surface area contributed by atoms with Crippen LogP contribution in [0.1, 0.15) is 51.7 Å². The number of alkyl carbamates (subject to hydrolysis) is 1. The van der Waals surface area contributed by atoms with E-state index in [2.05, 4.69) is 10.6 Å². The van der Waals surface area contributed by atoms with E-state index in [0.717, 1.165) is 11.1 Å². The molecule has 0 unspecified atom stereocenters. The van der Waals surface area contributed by atoms with E-state index in [1.165, 1.54) is 0 Å². The first-order valence-electron chi connectivity index (χ1n) is 11.7. The predicted molar refractivity (Wildman–Crippen MR) is 131 cm³/mol. The summed E-state index contributed by atoms with van der Waals surface area (Å²) in [5.41, 5.74) is 1.71. The van der Waals surface area contributed by atoms with E-state index >= 15 is 0 Å². The monoisotopic (exact) mass is 468 g/mol. The van der Waals surface area contributed by atoms with E-state index in [-0.39, 0.29) is 25.0 Å². The van der Waals surface area contributed by atoms with Gasteiger partial charge in [-0.2, -0.15) is 0 Å². The summed E-state index contributed by atoms with van der Waals surface area (Å²) in [6.45, 7) is 8.07. The smallest absolute Gasteiger partial charge is 0.408 e. The molecule has 0 spiro atoms. The number of esters is 1. The molecular formula is C27H36N2O5. The second-order valence-electron chi connectivity index (χ2n) is 9.17. The molecule has 0 fully saturated rings. The van der Waals surface area contributed by atoms with Crippen LogP contribution in [0.2, 0.25) is 0 Å². The summed E-state index contributed by atoms with van der Waals surface area (Å²) in [5, 5.41) is 5.43. The van der Waals surface area contributed by atoms with E-state index in [0.29, 0.717) is 12.8 Å². The van der Waals surface area contributed by atoms with Gasteiger partial charge in [0.2, 0.25) is 5.91 Å². The Labute approximate surface area is 202 Å². The molecule has 2 N–H and O–H groups in total. The maximum atomic E-state index is 13.1. The highest BCUT2D eigenvalue weighted by atomic mass is 16.5. The molecular weight excluding hydrogens is 432 g/mol. The largest absolute Gasteiger partial charge is 0.459 e. The summed E-state index contributed by atoms with van der Waals surface area (Å²) in [6, 6.07) is 17.0. The van der Waals surface area contributed by atoms with Gasteiger partial charge in [0, 0.05) is 0 Å². The minimum atomic E-state index is -0.833. The Morgan fingerprint density at radius 2 is 1.15 bits per heavy atom. The van der Waals surface area contributed by atoms with Crippen molar-refractivity contribution in [3.63, 3.8) is 0 Å². The Morgan fingerprint density at radius 3 is 1.65 bits per heavy atom. The zero-order valence-electron chi connectivity index (χ0n) is 20.5. The lowest BCUT2D eigenvalue weighted by molar-refractivity contribution is -0.149. The van der Waals surface area contributed by atoms with Crippen molar-refractivity contribution in [2.24, 2.45) is 11.8 Å². The summed E-state index contributed by atoms with van der Waals surface area (Å²) < 4.78 is 10.7. The van der Waals surface area contributed by atoms with Gasteiger partial charge in [-0.15, -0.1) is 0 Å². The number of benzene rings is 2. The normalized spacial score (nSPS) is 12.6. The van der Waals surface area contributed by atoms with Crippen molar-refractivity contribution < 1.29 is 23.9 Å². The van der Waals surface area contributed by atoms with Crippen LogP contribution < -0.4 is 10.6 Å². The summed E-state index contributed by atoms with van der Waals surface area (Å²) in [4.78, 5) is 38.2. The van der Waals surface area contributed by atoms with E-state index < -0.39 is 30.1 Å². The number of hydrogen-bond acceptors (Lipinski definition) is 5. The van der Waals surface area contributed by atoms with Gasteiger partial charge < -0.3 is 20.1 Å². The Hall–Kier alpha value is -3.35. The maximum Gasteiger partial charge on any atom is 0.408 e. The summed E-state index contributed by atoms with van der Waals surface area (Å²) >= 11 is 0. The van der Waals surface area contributed by atoms with Crippen LogP contribution in [-0.2, 0) is 32.3 Å². The van der Waals surface area contributed by atoms with Gasteiger partial charge in [0.15, 0.2) is 0 Å². The highest BCUT2D eigenvalue weighted by molar-refractivity contribution is 5.89. The molecule has 0 aromatic heterocycles. The van der Waals surface area contributed by atoms with Crippen molar-refractivity contribution in [1.82, 2.24) is 10.6 Å². The molecule has 0 aliphatic carbocycles. The lowest BCUT2D eigenvalue weighted by atomic mass is 10.0. The van der Waals surface area contributed by atoms with E-state index in [4.69, 9.17) is 9.47 Å². The van der Waals surface area contributed by atoms with Crippen LogP contribution in [-0.4, -0.2) is 30.1 Å². The Bertz CT molecular complexity index is 900. The zero-order valence-corrected chi connectivity index (χ0v) is 20.5. The van der Waals surface area contributed by atoms with Gasteiger partial charge in [0.05, 0.1) is 0 Å². The summed E-state index contributed by atoms with van der Waals surface area (Å²) in [5.74, 6) is -0.644. The molecule has 7 nitrogen and oxygen atoms in total. The lowest BCUT2D eigenvalue weighted by Crippen LogP contribution is -2.52. The van der Waals surface area contributed by atoms with Gasteiger partial charge in [-0.1, -0.05) is 88.4 Å².